The van der Waals surface area contributed by atoms with Crippen LogP contribution in [0.1, 0.15) is 31.7 Å². The molecule has 110 valence electrons. The molecular weight excluding hydrogens is 252 g/mol. The van der Waals surface area contributed by atoms with Gasteiger partial charge in [-0.1, -0.05) is 6.92 Å². The maximum atomic E-state index is 12.2. The zero-order chi connectivity index (χ0) is 14.2. The van der Waals surface area contributed by atoms with E-state index in [1.165, 1.54) is 5.56 Å². The fraction of sp³-hybridized carbons (Fsp3) is 0.625. The van der Waals surface area contributed by atoms with Crippen LogP contribution in [0.25, 0.3) is 0 Å². The fourth-order valence-corrected chi connectivity index (χ4v) is 2.55. The van der Waals surface area contributed by atoms with Crippen LogP contribution in [-0.4, -0.2) is 42.1 Å². The second kappa shape index (κ2) is 8.00. The lowest BCUT2D eigenvalue weighted by molar-refractivity contribution is -0.130. The lowest BCUT2D eigenvalue weighted by atomic mass is 10.1. The lowest BCUT2D eigenvalue weighted by Crippen LogP contribution is -2.29. The molecule has 0 spiro atoms. The summed E-state index contributed by atoms with van der Waals surface area (Å²) in [5, 5.41) is 0. The molecule has 0 bridgehead atoms. The predicted molar refractivity (Wildman–Crippen MR) is 78.4 cm³/mol. The van der Waals surface area contributed by atoms with Crippen molar-refractivity contribution < 1.29 is 9.53 Å². The Balaban J connectivity index is 1.69. The second-order valence-corrected chi connectivity index (χ2v) is 5.42. The maximum Gasteiger partial charge on any atom is 0.222 e. The molecule has 0 aromatic carbocycles. The normalized spacial score (nSPS) is 18.4. The average Bonchev–Trinajstić information content (AvgIpc) is 2.95. The first-order chi connectivity index (χ1) is 9.79. The zero-order valence-electron chi connectivity index (χ0n) is 12.3. The first-order valence-corrected chi connectivity index (χ1v) is 7.54. The number of hydrogen-bond donors (Lipinski definition) is 0. The van der Waals surface area contributed by atoms with Gasteiger partial charge < -0.3 is 9.64 Å². The molecule has 1 aliphatic heterocycles. The molecular formula is C16H24N2O2. The number of carbonyl (C=O) groups is 1. The highest BCUT2D eigenvalue weighted by Gasteiger charge is 2.25. The molecule has 0 aliphatic carbocycles. The van der Waals surface area contributed by atoms with Gasteiger partial charge in [0.25, 0.3) is 0 Å². The third-order valence-electron chi connectivity index (χ3n) is 3.72. The summed E-state index contributed by atoms with van der Waals surface area (Å²) in [5.74, 6) is 0.784. The molecule has 20 heavy (non-hydrogen) atoms. The number of amides is 1. The van der Waals surface area contributed by atoms with Crippen LogP contribution in [0.2, 0.25) is 0 Å². The quantitative estimate of drug-likeness (QED) is 0.718. The molecule has 1 saturated heterocycles. The standard InChI is InChI=1S/C16H24N2O2/c1-2-11-20-13-15-7-10-18(12-15)16(19)4-3-14-5-8-17-9-6-14/h5-6,8-9,15H,2-4,7,10-13H2,1H3/t15-/m0/s1. The molecule has 1 fully saturated rings. The number of hydrogen-bond acceptors (Lipinski definition) is 3. The van der Waals surface area contributed by atoms with Crippen molar-refractivity contribution in [2.45, 2.75) is 32.6 Å². The third kappa shape index (κ3) is 4.60. The molecule has 2 heterocycles. The van der Waals surface area contributed by atoms with Gasteiger partial charge in [-0.25, -0.2) is 0 Å². The molecule has 1 aromatic heterocycles. The van der Waals surface area contributed by atoms with E-state index in [9.17, 15) is 4.79 Å². The Hall–Kier alpha value is -1.42. The Kier molecular flexibility index (Phi) is 5.99. The van der Waals surface area contributed by atoms with E-state index in [0.29, 0.717) is 12.3 Å². The van der Waals surface area contributed by atoms with Crippen LogP contribution >= 0.6 is 0 Å². The van der Waals surface area contributed by atoms with Gasteiger partial charge in [0.2, 0.25) is 5.91 Å². The maximum absolute atomic E-state index is 12.2. The molecule has 1 aromatic rings. The van der Waals surface area contributed by atoms with E-state index in [-0.39, 0.29) is 5.91 Å². The molecule has 4 heteroatoms. The highest BCUT2D eigenvalue weighted by atomic mass is 16.5. The summed E-state index contributed by atoms with van der Waals surface area (Å²) < 4.78 is 5.58. The number of pyridine rings is 1. The van der Waals surface area contributed by atoms with Gasteiger partial charge in [-0.2, -0.15) is 0 Å². The molecule has 0 N–H and O–H groups in total. The van der Waals surface area contributed by atoms with Crippen LogP contribution in [-0.2, 0) is 16.0 Å². The van der Waals surface area contributed by atoms with Gasteiger partial charge in [0.1, 0.15) is 0 Å². The largest absolute Gasteiger partial charge is 0.381 e. The van der Waals surface area contributed by atoms with Gasteiger partial charge >= 0.3 is 0 Å². The summed E-state index contributed by atoms with van der Waals surface area (Å²) in [6.45, 7) is 5.48. The Labute approximate surface area is 121 Å². The monoisotopic (exact) mass is 276 g/mol. The Morgan fingerprint density at radius 2 is 2.25 bits per heavy atom. The van der Waals surface area contributed by atoms with Crippen molar-refractivity contribution in [3.8, 4) is 0 Å². The fourth-order valence-electron chi connectivity index (χ4n) is 2.55. The molecule has 0 saturated carbocycles. The highest BCUT2D eigenvalue weighted by molar-refractivity contribution is 5.76. The molecule has 1 amide bonds. The summed E-state index contributed by atoms with van der Waals surface area (Å²) in [5.41, 5.74) is 1.18. The molecule has 0 unspecified atom stereocenters. The first kappa shape index (κ1) is 15.0. The third-order valence-corrected chi connectivity index (χ3v) is 3.72. The minimum absolute atomic E-state index is 0.264. The van der Waals surface area contributed by atoms with E-state index in [1.807, 2.05) is 17.0 Å². The van der Waals surface area contributed by atoms with E-state index in [2.05, 4.69) is 11.9 Å². The average molecular weight is 276 g/mol. The van der Waals surface area contributed by atoms with Gasteiger partial charge in [-0.3, -0.25) is 9.78 Å². The van der Waals surface area contributed by atoms with Crippen LogP contribution in [0.4, 0.5) is 0 Å². The van der Waals surface area contributed by atoms with Crippen LogP contribution < -0.4 is 0 Å². The van der Waals surface area contributed by atoms with Crippen molar-refractivity contribution in [3.63, 3.8) is 0 Å². The van der Waals surface area contributed by atoms with Gasteiger partial charge in [-0.15, -0.1) is 0 Å². The number of aromatic nitrogens is 1. The number of carbonyl (C=O) groups excluding carboxylic acids is 1. The Morgan fingerprint density at radius 1 is 1.45 bits per heavy atom. The molecule has 1 aliphatic rings. The van der Waals surface area contributed by atoms with E-state index < -0.39 is 0 Å². The number of aryl methyl sites for hydroxylation is 1. The van der Waals surface area contributed by atoms with Crippen molar-refractivity contribution in [2.75, 3.05) is 26.3 Å². The molecule has 1 atom stereocenters. The van der Waals surface area contributed by atoms with E-state index in [0.717, 1.165) is 45.6 Å². The topological polar surface area (TPSA) is 42.4 Å². The number of rotatable bonds is 7. The van der Waals surface area contributed by atoms with Crippen LogP contribution in [0.5, 0.6) is 0 Å². The molecule has 0 radical (unpaired) electrons. The van der Waals surface area contributed by atoms with Crippen LogP contribution in [0.15, 0.2) is 24.5 Å². The molecule has 4 nitrogen and oxygen atoms in total. The van der Waals surface area contributed by atoms with Gasteiger partial charge in [-0.05, 0) is 37.0 Å². The van der Waals surface area contributed by atoms with Crippen molar-refractivity contribution >= 4 is 5.91 Å². The summed E-state index contributed by atoms with van der Waals surface area (Å²) in [7, 11) is 0. The minimum Gasteiger partial charge on any atom is -0.381 e. The summed E-state index contributed by atoms with van der Waals surface area (Å²) in [6, 6.07) is 3.94. The number of nitrogens with zero attached hydrogens (tertiary/aromatic N) is 2. The van der Waals surface area contributed by atoms with Crippen LogP contribution in [0.3, 0.4) is 0 Å². The van der Waals surface area contributed by atoms with E-state index >= 15 is 0 Å². The molecule has 2 rings (SSSR count). The van der Waals surface area contributed by atoms with E-state index in [1.54, 1.807) is 12.4 Å². The highest BCUT2D eigenvalue weighted by Crippen LogP contribution is 2.18. The number of ether oxygens (including phenoxy) is 1. The Bertz CT molecular complexity index is 408. The SMILES string of the molecule is CCCOC[C@H]1CCN(C(=O)CCc2ccncc2)C1. The van der Waals surface area contributed by atoms with Crippen molar-refractivity contribution in [2.24, 2.45) is 5.92 Å². The van der Waals surface area contributed by atoms with E-state index in [4.69, 9.17) is 4.74 Å². The minimum atomic E-state index is 0.264. The zero-order valence-corrected chi connectivity index (χ0v) is 12.3. The van der Waals surface area contributed by atoms with Crippen molar-refractivity contribution in [1.82, 2.24) is 9.88 Å². The smallest absolute Gasteiger partial charge is 0.222 e. The predicted octanol–water partition coefficient (Wildman–Crippen LogP) is 2.29. The summed E-state index contributed by atoms with van der Waals surface area (Å²) in [6.07, 6.45) is 7.07. The Morgan fingerprint density at radius 3 is 3.00 bits per heavy atom. The summed E-state index contributed by atoms with van der Waals surface area (Å²) >= 11 is 0. The van der Waals surface area contributed by atoms with Crippen molar-refractivity contribution in [1.29, 1.82) is 0 Å². The van der Waals surface area contributed by atoms with Gasteiger partial charge in [0.05, 0.1) is 6.61 Å². The van der Waals surface area contributed by atoms with Gasteiger partial charge in [0, 0.05) is 44.4 Å². The summed E-state index contributed by atoms with van der Waals surface area (Å²) in [4.78, 5) is 18.1. The second-order valence-electron chi connectivity index (χ2n) is 5.42. The number of likely N-dealkylation sites (tertiary alicyclic amines) is 1. The van der Waals surface area contributed by atoms with Gasteiger partial charge in [0.15, 0.2) is 0 Å². The van der Waals surface area contributed by atoms with Crippen molar-refractivity contribution in [3.05, 3.63) is 30.1 Å². The van der Waals surface area contributed by atoms with Crippen LogP contribution in [0, 0.1) is 5.92 Å². The first-order valence-electron chi connectivity index (χ1n) is 7.54. The lowest BCUT2D eigenvalue weighted by Gasteiger charge is -2.16.